The van der Waals surface area contributed by atoms with Gasteiger partial charge in [-0.2, -0.15) is 0 Å². The SMILES string of the molecule is O=C(O)CCOCCOCCOCC1OCCO1. The molecule has 7 nitrogen and oxygen atoms in total. The maximum Gasteiger partial charge on any atom is 0.305 e. The first kappa shape index (κ1) is 15.3. The van der Waals surface area contributed by atoms with Crippen molar-refractivity contribution in [3.05, 3.63) is 0 Å². The Hall–Kier alpha value is -0.730. The highest BCUT2D eigenvalue weighted by Gasteiger charge is 2.15. The molecule has 1 N–H and O–H groups in total. The minimum absolute atomic E-state index is 0.0184. The lowest BCUT2D eigenvalue weighted by Gasteiger charge is -2.09. The van der Waals surface area contributed by atoms with E-state index in [0.717, 1.165) is 0 Å². The van der Waals surface area contributed by atoms with Gasteiger partial charge in [0.15, 0.2) is 6.29 Å². The molecule has 18 heavy (non-hydrogen) atoms. The van der Waals surface area contributed by atoms with Gasteiger partial charge in [-0.15, -0.1) is 0 Å². The van der Waals surface area contributed by atoms with Gasteiger partial charge in [-0.05, 0) is 0 Å². The Kier molecular flexibility index (Phi) is 8.70. The van der Waals surface area contributed by atoms with Crippen molar-refractivity contribution in [3.63, 3.8) is 0 Å². The van der Waals surface area contributed by atoms with E-state index in [1.807, 2.05) is 0 Å². The quantitative estimate of drug-likeness (QED) is 0.521. The summed E-state index contributed by atoms with van der Waals surface area (Å²) in [6, 6.07) is 0. The second kappa shape index (κ2) is 10.2. The summed E-state index contributed by atoms with van der Waals surface area (Å²) in [6.07, 6.45) is -0.228. The second-order valence-electron chi connectivity index (χ2n) is 3.61. The fourth-order valence-corrected chi connectivity index (χ4v) is 1.28. The zero-order chi connectivity index (χ0) is 13.1. The minimum atomic E-state index is -0.860. The summed E-state index contributed by atoms with van der Waals surface area (Å²) in [5, 5.41) is 8.35. The fourth-order valence-electron chi connectivity index (χ4n) is 1.28. The highest BCUT2D eigenvalue weighted by molar-refractivity contribution is 5.66. The van der Waals surface area contributed by atoms with Gasteiger partial charge in [0, 0.05) is 0 Å². The van der Waals surface area contributed by atoms with E-state index in [-0.39, 0.29) is 19.3 Å². The maximum atomic E-state index is 10.2. The van der Waals surface area contributed by atoms with Gasteiger partial charge >= 0.3 is 5.97 Å². The normalized spacial score (nSPS) is 16.2. The van der Waals surface area contributed by atoms with Crippen LogP contribution in [0.25, 0.3) is 0 Å². The molecule has 0 aromatic carbocycles. The van der Waals surface area contributed by atoms with E-state index in [1.165, 1.54) is 0 Å². The van der Waals surface area contributed by atoms with Crippen molar-refractivity contribution in [1.29, 1.82) is 0 Å². The van der Waals surface area contributed by atoms with Gasteiger partial charge in [0.05, 0.1) is 59.3 Å². The molecule has 7 heteroatoms. The van der Waals surface area contributed by atoms with Crippen molar-refractivity contribution >= 4 is 5.97 Å². The third-order valence-corrected chi connectivity index (χ3v) is 2.15. The Morgan fingerprint density at radius 2 is 1.56 bits per heavy atom. The average Bonchev–Trinajstić information content (AvgIpc) is 2.84. The van der Waals surface area contributed by atoms with Crippen molar-refractivity contribution in [1.82, 2.24) is 0 Å². The van der Waals surface area contributed by atoms with Gasteiger partial charge in [0.2, 0.25) is 0 Å². The summed E-state index contributed by atoms with van der Waals surface area (Å²) in [5.41, 5.74) is 0. The lowest BCUT2D eigenvalue weighted by molar-refractivity contribution is -0.138. The van der Waals surface area contributed by atoms with Crippen LogP contribution in [-0.4, -0.2) is 70.2 Å². The Labute approximate surface area is 106 Å². The number of rotatable bonds is 11. The molecule has 106 valence electrons. The van der Waals surface area contributed by atoms with Crippen LogP contribution in [0.5, 0.6) is 0 Å². The molecule has 0 saturated carbocycles. The molecule has 0 spiro atoms. The largest absolute Gasteiger partial charge is 0.481 e. The Morgan fingerprint density at radius 1 is 1.00 bits per heavy atom. The third kappa shape index (κ3) is 8.37. The van der Waals surface area contributed by atoms with Crippen LogP contribution in [-0.2, 0) is 28.5 Å². The van der Waals surface area contributed by atoms with E-state index in [0.29, 0.717) is 46.2 Å². The predicted molar refractivity (Wildman–Crippen MR) is 60.4 cm³/mol. The van der Waals surface area contributed by atoms with Crippen LogP contribution in [0.4, 0.5) is 0 Å². The van der Waals surface area contributed by atoms with E-state index in [1.54, 1.807) is 0 Å². The Morgan fingerprint density at radius 3 is 2.17 bits per heavy atom. The van der Waals surface area contributed by atoms with Gasteiger partial charge in [-0.3, -0.25) is 4.79 Å². The molecule has 1 aliphatic rings. The minimum Gasteiger partial charge on any atom is -0.481 e. The molecular weight excluding hydrogens is 244 g/mol. The number of hydrogen-bond donors (Lipinski definition) is 1. The van der Waals surface area contributed by atoms with Gasteiger partial charge in [0.25, 0.3) is 0 Å². The monoisotopic (exact) mass is 264 g/mol. The van der Waals surface area contributed by atoms with Gasteiger partial charge < -0.3 is 28.8 Å². The highest BCUT2D eigenvalue weighted by atomic mass is 16.7. The zero-order valence-corrected chi connectivity index (χ0v) is 10.3. The van der Waals surface area contributed by atoms with Gasteiger partial charge in [-0.25, -0.2) is 0 Å². The van der Waals surface area contributed by atoms with Gasteiger partial charge in [0.1, 0.15) is 0 Å². The van der Waals surface area contributed by atoms with Crippen molar-refractivity contribution in [2.45, 2.75) is 12.7 Å². The molecule has 1 fully saturated rings. The molecule has 1 rings (SSSR count). The molecule has 0 aliphatic carbocycles. The van der Waals surface area contributed by atoms with E-state index >= 15 is 0 Å². The molecule has 0 amide bonds. The number of ether oxygens (including phenoxy) is 5. The number of carboxylic acid groups (broad SMARTS) is 1. The molecule has 0 radical (unpaired) electrons. The lowest BCUT2D eigenvalue weighted by Crippen LogP contribution is -2.18. The first-order valence-corrected chi connectivity index (χ1v) is 5.97. The zero-order valence-electron chi connectivity index (χ0n) is 10.3. The van der Waals surface area contributed by atoms with Crippen molar-refractivity contribution < 1.29 is 33.6 Å². The van der Waals surface area contributed by atoms with Crippen molar-refractivity contribution in [3.8, 4) is 0 Å². The lowest BCUT2D eigenvalue weighted by atomic mass is 10.5. The smallest absolute Gasteiger partial charge is 0.305 e. The van der Waals surface area contributed by atoms with Crippen molar-refractivity contribution in [2.75, 3.05) is 52.9 Å². The van der Waals surface area contributed by atoms with Crippen molar-refractivity contribution in [2.24, 2.45) is 0 Å². The summed E-state index contributed by atoms with van der Waals surface area (Å²) < 4.78 is 25.9. The summed E-state index contributed by atoms with van der Waals surface area (Å²) >= 11 is 0. The summed E-state index contributed by atoms with van der Waals surface area (Å²) in [4.78, 5) is 10.2. The molecule has 1 heterocycles. The molecule has 0 atom stereocenters. The molecule has 0 aromatic heterocycles. The summed E-state index contributed by atoms with van der Waals surface area (Å²) in [6.45, 7) is 3.63. The summed E-state index contributed by atoms with van der Waals surface area (Å²) in [5.74, 6) is -0.860. The standard InChI is InChI=1S/C11H20O7/c12-10(13)1-2-14-3-4-15-5-6-16-9-11-17-7-8-18-11/h11H,1-9H2,(H,12,13). The Bertz CT molecular complexity index is 215. The summed E-state index contributed by atoms with van der Waals surface area (Å²) in [7, 11) is 0. The van der Waals surface area contributed by atoms with Crippen LogP contribution in [0.2, 0.25) is 0 Å². The van der Waals surface area contributed by atoms with Gasteiger partial charge in [-0.1, -0.05) is 0 Å². The number of aliphatic carboxylic acids is 1. The van der Waals surface area contributed by atoms with Crippen LogP contribution in [0.15, 0.2) is 0 Å². The number of carbonyl (C=O) groups is 1. The third-order valence-electron chi connectivity index (χ3n) is 2.15. The molecule has 0 aromatic rings. The van der Waals surface area contributed by atoms with Crippen LogP contribution in [0, 0.1) is 0 Å². The maximum absolute atomic E-state index is 10.2. The fraction of sp³-hybridized carbons (Fsp3) is 0.909. The molecule has 0 bridgehead atoms. The first-order chi connectivity index (χ1) is 8.79. The van der Waals surface area contributed by atoms with E-state index in [9.17, 15) is 4.79 Å². The number of carboxylic acids is 1. The predicted octanol–water partition coefficient (Wildman–Crippen LogP) is -0.116. The van der Waals surface area contributed by atoms with Crippen LogP contribution in [0.1, 0.15) is 6.42 Å². The van der Waals surface area contributed by atoms with Crippen LogP contribution < -0.4 is 0 Å². The second-order valence-corrected chi connectivity index (χ2v) is 3.61. The molecule has 0 unspecified atom stereocenters. The highest BCUT2D eigenvalue weighted by Crippen LogP contribution is 2.03. The van der Waals surface area contributed by atoms with E-state index in [4.69, 9.17) is 28.8 Å². The van der Waals surface area contributed by atoms with Crippen LogP contribution in [0.3, 0.4) is 0 Å². The van der Waals surface area contributed by atoms with Crippen LogP contribution >= 0.6 is 0 Å². The molecule has 1 aliphatic heterocycles. The van der Waals surface area contributed by atoms with E-state index < -0.39 is 5.97 Å². The average molecular weight is 264 g/mol. The van der Waals surface area contributed by atoms with E-state index in [2.05, 4.69) is 0 Å². The Balaban J connectivity index is 1.72. The molecular formula is C11H20O7. The topological polar surface area (TPSA) is 83.5 Å². The number of hydrogen-bond acceptors (Lipinski definition) is 6. The first-order valence-electron chi connectivity index (χ1n) is 5.97. The molecule has 1 saturated heterocycles.